The van der Waals surface area contributed by atoms with Crippen LogP contribution in [0.4, 0.5) is 5.69 Å². The molecule has 4 rings (SSSR count). The van der Waals surface area contributed by atoms with Crippen molar-refractivity contribution in [3.63, 3.8) is 0 Å². The Morgan fingerprint density at radius 3 is 2.56 bits per heavy atom. The summed E-state index contributed by atoms with van der Waals surface area (Å²) >= 11 is 1.56. The third-order valence-electron chi connectivity index (χ3n) is 4.62. The maximum Gasteiger partial charge on any atom is 0.230 e. The highest BCUT2D eigenvalue weighted by Gasteiger charge is 2.13. The van der Waals surface area contributed by atoms with Gasteiger partial charge in [-0.15, -0.1) is 11.3 Å². The summed E-state index contributed by atoms with van der Waals surface area (Å²) in [5.74, 6) is -0.0268. The first-order valence-corrected chi connectivity index (χ1v) is 9.91. The molecule has 2 heterocycles. The van der Waals surface area contributed by atoms with Gasteiger partial charge in [-0.2, -0.15) is 0 Å². The third-order valence-corrected chi connectivity index (χ3v) is 5.51. The lowest BCUT2D eigenvalue weighted by Crippen LogP contribution is -2.15. The van der Waals surface area contributed by atoms with Gasteiger partial charge in [-0.25, -0.2) is 4.98 Å². The van der Waals surface area contributed by atoms with Crippen LogP contribution in [0.25, 0.3) is 16.2 Å². The molecule has 2 aromatic carbocycles. The van der Waals surface area contributed by atoms with Gasteiger partial charge in [-0.05, 0) is 31.0 Å². The number of carbonyl (C=O) groups excluding carboxylic acids is 1. The third kappa shape index (κ3) is 3.78. The van der Waals surface area contributed by atoms with E-state index in [9.17, 15) is 4.79 Å². The van der Waals surface area contributed by atoms with E-state index >= 15 is 0 Å². The van der Waals surface area contributed by atoms with Crippen LogP contribution in [-0.4, -0.2) is 15.3 Å². The van der Waals surface area contributed by atoms with E-state index in [1.807, 2.05) is 47.2 Å². The number of aromatic nitrogens is 2. The van der Waals surface area contributed by atoms with Gasteiger partial charge >= 0.3 is 0 Å². The van der Waals surface area contributed by atoms with Crippen molar-refractivity contribution in [1.29, 1.82) is 0 Å². The molecule has 0 saturated heterocycles. The van der Waals surface area contributed by atoms with Crippen molar-refractivity contribution < 1.29 is 4.79 Å². The highest BCUT2D eigenvalue weighted by Crippen LogP contribution is 2.24. The van der Waals surface area contributed by atoms with Gasteiger partial charge in [0.15, 0.2) is 4.96 Å². The predicted molar refractivity (Wildman–Crippen MR) is 111 cm³/mol. The molecule has 0 aliphatic heterocycles. The van der Waals surface area contributed by atoms with Crippen LogP contribution < -0.4 is 5.32 Å². The Hall–Kier alpha value is -2.92. The minimum absolute atomic E-state index is 0.0268. The van der Waals surface area contributed by atoms with Gasteiger partial charge in [-0.3, -0.25) is 9.20 Å². The van der Waals surface area contributed by atoms with Crippen molar-refractivity contribution in [1.82, 2.24) is 9.38 Å². The van der Waals surface area contributed by atoms with Crippen molar-refractivity contribution >= 4 is 27.9 Å². The quantitative estimate of drug-likeness (QED) is 0.526. The SMILES string of the molecule is CCc1ccc(-c2cn3c(CC(=O)Nc4ccc(C)cc4)csc3n2)cc1. The number of fused-ring (bicyclic) bond motifs is 1. The standard InChI is InChI=1S/C22H21N3OS/c1-3-16-6-8-17(9-7-16)20-13-25-19(14-27-22(25)24-20)12-21(26)23-18-10-4-15(2)5-11-18/h4-11,13-14H,3,12H2,1-2H3,(H,23,26). The fraction of sp³-hybridized carbons (Fsp3) is 0.182. The normalized spacial score (nSPS) is 11.0. The molecule has 136 valence electrons. The van der Waals surface area contributed by atoms with E-state index in [0.29, 0.717) is 6.42 Å². The molecule has 0 spiro atoms. The van der Waals surface area contributed by atoms with Crippen molar-refractivity contribution in [3.8, 4) is 11.3 Å². The van der Waals surface area contributed by atoms with Crippen molar-refractivity contribution in [2.45, 2.75) is 26.7 Å². The van der Waals surface area contributed by atoms with E-state index in [2.05, 4.69) is 36.5 Å². The number of nitrogens with zero attached hydrogens (tertiary/aromatic N) is 2. The Balaban J connectivity index is 1.53. The summed E-state index contributed by atoms with van der Waals surface area (Å²) in [6.45, 7) is 4.18. The summed E-state index contributed by atoms with van der Waals surface area (Å²) in [6.07, 6.45) is 3.36. The lowest BCUT2D eigenvalue weighted by molar-refractivity contribution is -0.115. The zero-order valence-electron chi connectivity index (χ0n) is 15.4. The molecule has 0 bridgehead atoms. The van der Waals surface area contributed by atoms with E-state index in [0.717, 1.165) is 34.0 Å². The summed E-state index contributed by atoms with van der Waals surface area (Å²) in [5.41, 5.74) is 6.28. The highest BCUT2D eigenvalue weighted by molar-refractivity contribution is 7.15. The van der Waals surface area contributed by atoms with E-state index in [1.165, 1.54) is 11.1 Å². The number of carbonyl (C=O) groups is 1. The van der Waals surface area contributed by atoms with Gasteiger partial charge in [0.2, 0.25) is 5.91 Å². The van der Waals surface area contributed by atoms with E-state index in [-0.39, 0.29) is 5.91 Å². The second-order valence-corrected chi connectivity index (χ2v) is 7.48. The molecule has 2 aromatic heterocycles. The highest BCUT2D eigenvalue weighted by atomic mass is 32.1. The molecule has 1 amide bonds. The van der Waals surface area contributed by atoms with Crippen LogP contribution in [-0.2, 0) is 17.6 Å². The first-order chi connectivity index (χ1) is 13.1. The fourth-order valence-corrected chi connectivity index (χ4v) is 3.89. The Labute approximate surface area is 162 Å². The topological polar surface area (TPSA) is 46.4 Å². The number of imidazole rings is 1. The monoisotopic (exact) mass is 375 g/mol. The first kappa shape index (κ1) is 17.5. The van der Waals surface area contributed by atoms with Gasteiger partial charge in [0.05, 0.1) is 12.1 Å². The molecule has 0 aliphatic carbocycles. The minimum atomic E-state index is -0.0268. The molecule has 0 aliphatic rings. The number of aryl methyl sites for hydroxylation is 2. The fourth-order valence-electron chi connectivity index (χ4n) is 3.01. The molecule has 4 nitrogen and oxygen atoms in total. The van der Waals surface area contributed by atoms with Gasteiger partial charge in [0.1, 0.15) is 0 Å². The van der Waals surface area contributed by atoms with Crippen LogP contribution in [0.15, 0.2) is 60.1 Å². The number of rotatable bonds is 5. The molecule has 0 fully saturated rings. The Morgan fingerprint density at radius 1 is 1.11 bits per heavy atom. The molecule has 0 saturated carbocycles. The lowest BCUT2D eigenvalue weighted by atomic mass is 10.1. The summed E-state index contributed by atoms with van der Waals surface area (Å²) in [5, 5.41) is 4.96. The van der Waals surface area contributed by atoms with Crippen LogP contribution in [0.1, 0.15) is 23.7 Å². The maximum atomic E-state index is 12.4. The molecule has 0 atom stereocenters. The predicted octanol–water partition coefficient (Wildman–Crippen LogP) is 5.11. The number of nitrogens with one attached hydrogen (secondary N) is 1. The molecule has 5 heteroatoms. The first-order valence-electron chi connectivity index (χ1n) is 9.03. The Morgan fingerprint density at radius 2 is 1.85 bits per heavy atom. The van der Waals surface area contributed by atoms with Gasteiger partial charge in [0.25, 0.3) is 0 Å². The average molecular weight is 375 g/mol. The van der Waals surface area contributed by atoms with Crippen molar-refractivity contribution in [3.05, 3.63) is 76.9 Å². The molecule has 1 N–H and O–H groups in total. The zero-order valence-corrected chi connectivity index (χ0v) is 16.2. The molecule has 0 radical (unpaired) electrons. The molecule has 0 unspecified atom stereocenters. The molecule has 27 heavy (non-hydrogen) atoms. The minimum Gasteiger partial charge on any atom is -0.326 e. The summed E-state index contributed by atoms with van der Waals surface area (Å²) < 4.78 is 2.02. The summed E-state index contributed by atoms with van der Waals surface area (Å²) in [6, 6.07) is 16.3. The summed E-state index contributed by atoms with van der Waals surface area (Å²) in [4.78, 5) is 18.0. The second kappa shape index (κ2) is 7.37. The van der Waals surface area contributed by atoms with Crippen LogP contribution in [0, 0.1) is 6.92 Å². The number of benzene rings is 2. The maximum absolute atomic E-state index is 12.4. The average Bonchev–Trinajstić information content (AvgIpc) is 3.26. The number of hydrogen-bond acceptors (Lipinski definition) is 3. The number of anilines is 1. The van der Waals surface area contributed by atoms with Gasteiger partial charge in [0, 0.05) is 28.5 Å². The van der Waals surface area contributed by atoms with E-state index in [1.54, 1.807) is 11.3 Å². The molecule has 4 aromatic rings. The van der Waals surface area contributed by atoms with Crippen molar-refractivity contribution in [2.24, 2.45) is 0 Å². The molecular formula is C22H21N3OS. The summed E-state index contributed by atoms with van der Waals surface area (Å²) in [7, 11) is 0. The van der Waals surface area contributed by atoms with Crippen LogP contribution in [0.5, 0.6) is 0 Å². The van der Waals surface area contributed by atoms with Crippen molar-refractivity contribution in [2.75, 3.05) is 5.32 Å². The van der Waals surface area contributed by atoms with Crippen LogP contribution in [0.3, 0.4) is 0 Å². The Bertz CT molecular complexity index is 1080. The number of thiazole rings is 1. The number of amides is 1. The van der Waals surface area contributed by atoms with E-state index in [4.69, 9.17) is 4.98 Å². The second-order valence-electron chi connectivity index (χ2n) is 6.65. The van der Waals surface area contributed by atoms with Gasteiger partial charge in [-0.1, -0.05) is 48.9 Å². The largest absolute Gasteiger partial charge is 0.326 e. The van der Waals surface area contributed by atoms with E-state index < -0.39 is 0 Å². The van der Waals surface area contributed by atoms with Gasteiger partial charge < -0.3 is 5.32 Å². The van der Waals surface area contributed by atoms with Crippen LogP contribution in [0.2, 0.25) is 0 Å². The zero-order chi connectivity index (χ0) is 18.8. The molecular weight excluding hydrogens is 354 g/mol. The number of hydrogen-bond donors (Lipinski definition) is 1. The smallest absolute Gasteiger partial charge is 0.230 e. The van der Waals surface area contributed by atoms with Crippen LogP contribution >= 0.6 is 11.3 Å². The Kier molecular flexibility index (Phi) is 4.77. The lowest BCUT2D eigenvalue weighted by Gasteiger charge is -2.05.